The fourth-order valence-corrected chi connectivity index (χ4v) is 4.09. The number of carbonyl (C=O) groups excluding carboxylic acids is 2. The molecule has 1 N–H and O–H groups in total. The second-order valence-corrected chi connectivity index (χ2v) is 7.36. The fourth-order valence-electron chi connectivity index (χ4n) is 4.09. The van der Waals surface area contributed by atoms with E-state index in [0.717, 1.165) is 0 Å². The van der Waals surface area contributed by atoms with E-state index in [-0.39, 0.29) is 24.3 Å². The van der Waals surface area contributed by atoms with Gasteiger partial charge in [0.15, 0.2) is 0 Å². The van der Waals surface area contributed by atoms with Crippen LogP contribution in [-0.4, -0.2) is 68.4 Å². The van der Waals surface area contributed by atoms with Gasteiger partial charge in [-0.3, -0.25) is 9.59 Å². The maximum atomic E-state index is 13.4. The van der Waals surface area contributed by atoms with E-state index in [1.165, 1.54) is 14.7 Å². The highest BCUT2D eigenvalue weighted by Gasteiger charge is 2.41. The lowest BCUT2D eigenvalue weighted by Gasteiger charge is -2.35. The van der Waals surface area contributed by atoms with Crippen molar-refractivity contribution in [1.82, 2.24) is 19.7 Å². The van der Waals surface area contributed by atoms with Crippen LogP contribution in [0.2, 0.25) is 0 Å². The van der Waals surface area contributed by atoms with Crippen LogP contribution in [0.15, 0.2) is 48.8 Å². The number of aromatic nitrogens is 2. The minimum atomic E-state index is -0.929. The average Bonchev–Trinajstić information content (AvgIpc) is 3.39. The van der Waals surface area contributed by atoms with Gasteiger partial charge in [-0.1, -0.05) is 18.2 Å². The molecule has 0 radical (unpaired) electrons. The molecule has 2 aliphatic rings. The monoisotopic (exact) mass is 397 g/mol. The minimum Gasteiger partial charge on any atom is -0.465 e. The van der Waals surface area contributed by atoms with E-state index in [0.29, 0.717) is 38.2 Å². The molecule has 3 heterocycles. The molecule has 1 aromatic carbocycles. The summed E-state index contributed by atoms with van der Waals surface area (Å²) in [5.41, 5.74) is 0.682. The summed E-state index contributed by atoms with van der Waals surface area (Å²) >= 11 is 0. The van der Waals surface area contributed by atoms with Gasteiger partial charge in [0.2, 0.25) is 5.91 Å². The van der Waals surface area contributed by atoms with Crippen molar-refractivity contribution in [2.75, 3.05) is 24.6 Å². The highest BCUT2D eigenvalue weighted by Crippen LogP contribution is 2.28. The molecule has 1 aromatic heterocycles. The van der Waals surface area contributed by atoms with Crippen molar-refractivity contribution in [3.05, 3.63) is 48.8 Å². The van der Waals surface area contributed by atoms with Crippen molar-refractivity contribution in [3.8, 4) is 0 Å². The number of amides is 3. The number of nitrogens with zero attached hydrogens (tertiary/aromatic N) is 5. The summed E-state index contributed by atoms with van der Waals surface area (Å²) in [6.07, 6.45) is 3.72. The van der Waals surface area contributed by atoms with Crippen molar-refractivity contribution in [3.63, 3.8) is 0 Å². The third-order valence-electron chi connectivity index (χ3n) is 5.59. The van der Waals surface area contributed by atoms with E-state index in [1.54, 1.807) is 23.4 Å². The summed E-state index contributed by atoms with van der Waals surface area (Å²) in [6, 6.07) is 10.9. The third kappa shape index (κ3) is 3.80. The zero-order chi connectivity index (χ0) is 20.4. The van der Waals surface area contributed by atoms with Crippen LogP contribution in [0, 0.1) is 5.92 Å². The molecule has 0 bridgehead atoms. The molecule has 0 spiro atoms. The maximum absolute atomic E-state index is 13.4. The van der Waals surface area contributed by atoms with Crippen molar-refractivity contribution in [1.29, 1.82) is 0 Å². The van der Waals surface area contributed by atoms with Crippen LogP contribution >= 0.6 is 0 Å². The second-order valence-electron chi connectivity index (χ2n) is 7.36. The normalized spacial score (nSPS) is 20.1. The largest absolute Gasteiger partial charge is 0.465 e. The van der Waals surface area contributed by atoms with Gasteiger partial charge in [-0.2, -0.15) is 9.89 Å². The molecule has 1 unspecified atom stereocenters. The Hall–Kier alpha value is -3.36. The van der Waals surface area contributed by atoms with Gasteiger partial charge in [-0.25, -0.2) is 9.80 Å². The number of para-hydroxylation sites is 1. The van der Waals surface area contributed by atoms with Crippen molar-refractivity contribution in [2.24, 2.45) is 5.92 Å². The number of carboxylic acid groups (broad SMARTS) is 1. The van der Waals surface area contributed by atoms with Gasteiger partial charge < -0.3 is 14.9 Å². The first kappa shape index (κ1) is 19.0. The number of hydrogen-bond acceptors (Lipinski definition) is 4. The van der Waals surface area contributed by atoms with E-state index in [2.05, 4.69) is 5.10 Å². The molecule has 2 aromatic rings. The number of benzene rings is 1. The molecule has 2 saturated heterocycles. The topological polar surface area (TPSA) is 99.0 Å². The van der Waals surface area contributed by atoms with Gasteiger partial charge in [-0.15, -0.1) is 0 Å². The Morgan fingerprint density at radius 2 is 1.83 bits per heavy atom. The SMILES string of the molecule is O=C(O)N1CCC(N2CC(C(=O)N(c3ccccc3)n3cccn3)CC2=O)CC1. The highest BCUT2D eigenvalue weighted by atomic mass is 16.4. The lowest BCUT2D eigenvalue weighted by molar-refractivity contribution is -0.130. The lowest BCUT2D eigenvalue weighted by Crippen LogP contribution is -2.47. The number of rotatable bonds is 4. The van der Waals surface area contributed by atoms with E-state index < -0.39 is 12.0 Å². The number of hydrogen-bond donors (Lipinski definition) is 1. The fraction of sp³-hybridized carbons (Fsp3) is 0.400. The van der Waals surface area contributed by atoms with Gasteiger partial charge in [0.05, 0.1) is 17.8 Å². The molecule has 2 aliphatic heterocycles. The Bertz CT molecular complexity index is 878. The standard InChI is InChI=1S/C20H23N5O4/c26-18-13-15(14-23(18)16-7-11-22(12-8-16)20(28)29)19(27)25(24-10-4-9-21-24)17-5-2-1-3-6-17/h1-6,9-10,15-16H,7-8,11-14H2,(H,28,29). The predicted octanol–water partition coefficient (Wildman–Crippen LogP) is 1.67. The molecule has 0 saturated carbocycles. The molecule has 0 aliphatic carbocycles. The molecular weight excluding hydrogens is 374 g/mol. The molecule has 9 heteroatoms. The molecule has 152 valence electrons. The van der Waals surface area contributed by atoms with E-state index in [9.17, 15) is 14.4 Å². The molecule has 3 amide bonds. The summed E-state index contributed by atoms with van der Waals surface area (Å²) in [4.78, 5) is 41.7. The molecule has 1 atom stereocenters. The van der Waals surface area contributed by atoms with Crippen LogP contribution in [-0.2, 0) is 9.59 Å². The number of carbonyl (C=O) groups is 3. The minimum absolute atomic E-state index is 0.0224. The van der Waals surface area contributed by atoms with E-state index in [1.807, 2.05) is 30.3 Å². The van der Waals surface area contributed by atoms with Gasteiger partial charge in [0.25, 0.3) is 5.91 Å². The van der Waals surface area contributed by atoms with Gasteiger partial charge >= 0.3 is 6.09 Å². The van der Waals surface area contributed by atoms with Crippen LogP contribution in [0.5, 0.6) is 0 Å². The molecular formula is C20H23N5O4. The Kier molecular flexibility index (Phi) is 5.20. The summed E-state index contributed by atoms with van der Waals surface area (Å²) in [6.45, 7) is 1.16. The third-order valence-corrected chi connectivity index (χ3v) is 5.59. The number of piperidine rings is 1. The van der Waals surface area contributed by atoms with E-state index >= 15 is 0 Å². The first-order valence-corrected chi connectivity index (χ1v) is 9.71. The Morgan fingerprint density at radius 3 is 2.45 bits per heavy atom. The smallest absolute Gasteiger partial charge is 0.407 e. The summed E-state index contributed by atoms with van der Waals surface area (Å²) < 4.78 is 0. The summed E-state index contributed by atoms with van der Waals surface area (Å²) in [5.74, 6) is -0.700. The van der Waals surface area contributed by atoms with Crippen molar-refractivity contribution >= 4 is 23.6 Å². The summed E-state index contributed by atoms with van der Waals surface area (Å²) in [7, 11) is 0. The zero-order valence-electron chi connectivity index (χ0n) is 15.9. The number of likely N-dealkylation sites (tertiary alicyclic amines) is 2. The molecule has 29 heavy (non-hydrogen) atoms. The van der Waals surface area contributed by atoms with Crippen molar-refractivity contribution < 1.29 is 19.5 Å². The first-order valence-electron chi connectivity index (χ1n) is 9.71. The van der Waals surface area contributed by atoms with Gasteiger partial charge in [0, 0.05) is 38.3 Å². The zero-order valence-corrected chi connectivity index (χ0v) is 15.9. The van der Waals surface area contributed by atoms with Crippen LogP contribution in [0.4, 0.5) is 10.5 Å². The summed E-state index contributed by atoms with van der Waals surface area (Å²) in [5, 5.41) is 14.8. The molecule has 2 fully saturated rings. The lowest BCUT2D eigenvalue weighted by atomic mass is 10.0. The predicted molar refractivity (Wildman–Crippen MR) is 104 cm³/mol. The van der Waals surface area contributed by atoms with Gasteiger partial charge in [-0.05, 0) is 31.0 Å². The molecule has 4 rings (SSSR count). The Balaban J connectivity index is 1.49. The molecule has 9 nitrogen and oxygen atoms in total. The van der Waals surface area contributed by atoms with Crippen molar-refractivity contribution in [2.45, 2.75) is 25.3 Å². The van der Waals surface area contributed by atoms with E-state index in [4.69, 9.17) is 5.11 Å². The van der Waals surface area contributed by atoms with Crippen LogP contribution in [0.1, 0.15) is 19.3 Å². The maximum Gasteiger partial charge on any atom is 0.407 e. The quantitative estimate of drug-likeness (QED) is 0.846. The van der Waals surface area contributed by atoms with Crippen LogP contribution < -0.4 is 5.01 Å². The van der Waals surface area contributed by atoms with Gasteiger partial charge in [0.1, 0.15) is 0 Å². The average molecular weight is 397 g/mol. The first-order chi connectivity index (χ1) is 14.0. The van der Waals surface area contributed by atoms with Crippen LogP contribution in [0.3, 0.4) is 0 Å². The Labute approximate surface area is 168 Å². The number of anilines is 1. The second kappa shape index (κ2) is 7.94. The highest BCUT2D eigenvalue weighted by molar-refractivity contribution is 5.98. The Morgan fingerprint density at radius 1 is 1.10 bits per heavy atom. The van der Waals surface area contributed by atoms with Crippen LogP contribution in [0.25, 0.3) is 0 Å².